The Bertz CT molecular complexity index is 1730. The molecule has 2 bridgehead atoms. The van der Waals surface area contributed by atoms with Crippen molar-refractivity contribution in [2.24, 2.45) is 5.92 Å². The van der Waals surface area contributed by atoms with E-state index in [1.807, 2.05) is 6.07 Å². The number of pyridine rings is 1. The lowest BCUT2D eigenvalue weighted by molar-refractivity contribution is -0.121. The third kappa shape index (κ3) is 5.93. The number of nitrogens with zero attached hydrogens (tertiary/aromatic N) is 2. The van der Waals surface area contributed by atoms with Crippen LogP contribution in [-0.2, 0) is 21.4 Å². The fourth-order valence-electron chi connectivity index (χ4n) is 5.92. The maximum absolute atomic E-state index is 13.3. The van der Waals surface area contributed by atoms with Crippen LogP contribution in [0.25, 0.3) is 0 Å². The molecule has 2 aliphatic rings. The maximum Gasteiger partial charge on any atom is 0.250 e. The van der Waals surface area contributed by atoms with E-state index < -0.39 is 33.0 Å². The monoisotopic (exact) mass is 599 g/mol. The number of aromatic hydroxyl groups is 2. The number of aryl methyl sites for hydroxylation is 1. The number of carbonyl (C=O) groups excluding carboxylic acids is 1. The molecule has 0 aliphatic carbocycles. The van der Waals surface area contributed by atoms with Crippen molar-refractivity contribution in [2.75, 3.05) is 32.5 Å². The molecule has 0 radical (unpaired) electrons. The van der Waals surface area contributed by atoms with Gasteiger partial charge in [-0.3, -0.25) is 14.4 Å². The number of rotatable bonds is 9. The van der Waals surface area contributed by atoms with Crippen molar-refractivity contribution in [2.45, 2.75) is 38.1 Å². The van der Waals surface area contributed by atoms with Crippen molar-refractivity contribution in [1.82, 2.24) is 14.2 Å². The van der Waals surface area contributed by atoms with Crippen LogP contribution in [0.2, 0.25) is 0 Å². The standard InChI is InChI=1S/C29H33N3O9S/c1-17-10-24(34)28(37)29(41-17)21(19-6-7-23(33)25(12-19)40-2)13-26(35)30-8-9-42(38,39)31-14-18-11-20(16-31)22-4-3-5-27(36)32(22)15-18/h3-7,10,12,18,20-21,33,37H,8-9,11,13-16H2,1-2H3,(H,30,35)/t18-,20+,21+/m1/s1. The van der Waals surface area contributed by atoms with E-state index in [0.717, 1.165) is 18.2 Å². The molecule has 4 heterocycles. The summed E-state index contributed by atoms with van der Waals surface area (Å²) < 4.78 is 40.5. The van der Waals surface area contributed by atoms with Gasteiger partial charge in [0.1, 0.15) is 5.76 Å². The van der Waals surface area contributed by atoms with Crippen molar-refractivity contribution in [3.63, 3.8) is 0 Å². The minimum absolute atomic E-state index is 0.0282. The summed E-state index contributed by atoms with van der Waals surface area (Å²) in [6, 6.07) is 10.6. The highest BCUT2D eigenvalue weighted by molar-refractivity contribution is 7.89. The van der Waals surface area contributed by atoms with Crippen molar-refractivity contribution in [3.05, 3.63) is 85.8 Å². The first-order chi connectivity index (χ1) is 20.0. The predicted octanol–water partition coefficient (Wildman–Crippen LogP) is 1.62. The molecule has 5 rings (SSSR count). The number of benzene rings is 1. The number of aromatic nitrogens is 1. The van der Waals surface area contributed by atoms with Crippen LogP contribution < -0.4 is 21.0 Å². The Kier molecular flexibility index (Phi) is 8.15. The lowest BCUT2D eigenvalue weighted by Crippen LogP contribution is -2.50. The van der Waals surface area contributed by atoms with Crippen molar-refractivity contribution in [1.29, 1.82) is 0 Å². The van der Waals surface area contributed by atoms with Gasteiger partial charge in [0, 0.05) is 56.3 Å². The fraction of sp³-hybridized carbons (Fsp3) is 0.414. The molecule has 12 nitrogen and oxygen atoms in total. The highest BCUT2D eigenvalue weighted by atomic mass is 32.2. The number of methoxy groups -OCH3 is 1. The zero-order valence-corrected chi connectivity index (χ0v) is 24.1. The fourth-order valence-corrected chi connectivity index (χ4v) is 7.38. The van der Waals surface area contributed by atoms with Crippen LogP contribution in [0.15, 0.2) is 56.5 Å². The van der Waals surface area contributed by atoms with Gasteiger partial charge in [0.05, 0.1) is 18.8 Å². The number of carbonyl (C=O) groups is 1. The van der Waals surface area contributed by atoms with Crippen LogP contribution in [0.5, 0.6) is 17.2 Å². The van der Waals surface area contributed by atoms with Crippen LogP contribution in [-0.4, -0.2) is 65.9 Å². The number of sulfonamides is 1. The SMILES string of the molecule is COc1cc([C@H](CC(=O)NCCS(=O)(=O)N2C[C@H]3C[C@@H](C2)c2cccc(=O)n2C3)c2oc(C)cc(=O)c2O)ccc1O. The second-order valence-electron chi connectivity index (χ2n) is 10.8. The molecule has 1 amide bonds. The molecule has 0 spiro atoms. The summed E-state index contributed by atoms with van der Waals surface area (Å²) >= 11 is 0. The van der Waals surface area contributed by atoms with E-state index in [0.29, 0.717) is 18.7 Å². The average molecular weight is 600 g/mol. The summed E-state index contributed by atoms with van der Waals surface area (Å²) in [5.74, 6) is -2.39. The highest BCUT2D eigenvalue weighted by Gasteiger charge is 2.38. The van der Waals surface area contributed by atoms with Gasteiger partial charge in [0.25, 0.3) is 5.56 Å². The largest absolute Gasteiger partial charge is 0.504 e. The molecular weight excluding hydrogens is 566 g/mol. The lowest BCUT2D eigenvalue weighted by Gasteiger charge is -2.42. The first kappa shape index (κ1) is 29.4. The van der Waals surface area contributed by atoms with Gasteiger partial charge in [-0.25, -0.2) is 12.7 Å². The molecule has 1 fully saturated rings. The molecule has 3 N–H and O–H groups in total. The van der Waals surface area contributed by atoms with Gasteiger partial charge < -0.3 is 29.3 Å². The topological polar surface area (TPSA) is 168 Å². The quantitative estimate of drug-likeness (QED) is 0.331. The Morgan fingerprint density at radius 3 is 2.69 bits per heavy atom. The van der Waals surface area contributed by atoms with Crippen molar-refractivity contribution in [3.8, 4) is 17.2 Å². The minimum Gasteiger partial charge on any atom is -0.504 e. The predicted molar refractivity (Wildman–Crippen MR) is 152 cm³/mol. The number of amides is 1. The third-order valence-electron chi connectivity index (χ3n) is 7.91. The third-order valence-corrected chi connectivity index (χ3v) is 9.71. The van der Waals surface area contributed by atoms with E-state index in [1.165, 1.54) is 42.6 Å². The van der Waals surface area contributed by atoms with E-state index in [4.69, 9.17) is 9.15 Å². The summed E-state index contributed by atoms with van der Waals surface area (Å²) in [4.78, 5) is 37.6. The van der Waals surface area contributed by atoms with Gasteiger partial charge in [0.15, 0.2) is 17.3 Å². The second-order valence-corrected chi connectivity index (χ2v) is 12.9. The molecule has 2 aliphatic heterocycles. The maximum atomic E-state index is 13.3. The lowest BCUT2D eigenvalue weighted by atomic mass is 9.84. The van der Waals surface area contributed by atoms with Crippen LogP contribution in [0.4, 0.5) is 0 Å². The zero-order valence-electron chi connectivity index (χ0n) is 23.3. The number of hydrogen-bond donors (Lipinski definition) is 3. The number of hydrogen-bond acceptors (Lipinski definition) is 9. The van der Waals surface area contributed by atoms with Crippen molar-refractivity contribution < 1.29 is 32.6 Å². The number of nitrogens with one attached hydrogen (secondary N) is 1. The summed E-state index contributed by atoms with van der Waals surface area (Å²) in [5.41, 5.74) is 0.518. The molecule has 42 heavy (non-hydrogen) atoms. The Morgan fingerprint density at radius 2 is 1.93 bits per heavy atom. The molecule has 1 aromatic carbocycles. The van der Waals surface area contributed by atoms with Gasteiger partial charge in [-0.2, -0.15) is 0 Å². The molecule has 2 aromatic heterocycles. The Labute approximate surface area is 242 Å². The van der Waals surface area contributed by atoms with Gasteiger partial charge in [-0.15, -0.1) is 0 Å². The second kappa shape index (κ2) is 11.6. The van der Waals surface area contributed by atoms with Crippen LogP contribution in [0.1, 0.15) is 47.5 Å². The number of phenols is 1. The van der Waals surface area contributed by atoms with Gasteiger partial charge in [-0.05, 0) is 43.0 Å². The summed E-state index contributed by atoms with van der Waals surface area (Å²) in [6.45, 7) is 2.43. The smallest absolute Gasteiger partial charge is 0.250 e. The molecule has 224 valence electrons. The van der Waals surface area contributed by atoms with Crippen LogP contribution in [0.3, 0.4) is 0 Å². The molecule has 0 unspecified atom stereocenters. The molecule has 3 atom stereocenters. The summed E-state index contributed by atoms with van der Waals surface area (Å²) in [7, 11) is -2.35. The van der Waals surface area contributed by atoms with E-state index in [2.05, 4.69) is 5.32 Å². The first-order valence-corrected chi connectivity index (χ1v) is 15.2. The Hall–Kier alpha value is -4.10. The first-order valence-electron chi connectivity index (χ1n) is 13.6. The minimum atomic E-state index is -3.71. The molecular formula is C29H33N3O9S. The average Bonchev–Trinajstić information content (AvgIpc) is 2.94. The zero-order chi connectivity index (χ0) is 30.2. The molecule has 1 saturated heterocycles. The molecule has 13 heteroatoms. The number of ether oxygens (including phenoxy) is 1. The summed E-state index contributed by atoms with van der Waals surface area (Å²) in [6.07, 6.45) is 0.533. The molecule has 3 aromatic rings. The van der Waals surface area contributed by atoms with Crippen molar-refractivity contribution >= 4 is 15.9 Å². The van der Waals surface area contributed by atoms with E-state index >= 15 is 0 Å². The number of phenolic OH excluding ortho intramolecular Hbond substituents is 1. The van der Waals surface area contributed by atoms with Crippen LogP contribution >= 0.6 is 0 Å². The number of piperidine rings is 1. The highest BCUT2D eigenvalue weighted by Crippen LogP contribution is 2.38. The van der Waals surface area contributed by atoms with Gasteiger partial charge in [0.2, 0.25) is 27.1 Å². The van der Waals surface area contributed by atoms with E-state index in [-0.39, 0.29) is 65.7 Å². The van der Waals surface area contributed by atoms with Crippen LogP contribution in [0, 0.1) is 12.8 Å². The molecule has 0 saturated carbocycles. The van der Waals surface area contributed by atoms with E-state index in [1.54, 1.807) is 10.6 Å². The van der Waals surface area contributed by atoms with E-state index in [9.17, 15) is 33.0 Å². The number of fused-ring (bicyclic) bond motifs is 4. The Balaban J connectivity index is 1.28. The van der Waals surface area contributed by atoms with Gasteiger partial charge in [-0.1, -0.05) is 12.1 Å². The Morgan fingerprint density at radius 1 is 1.14 bits per heavy atom. The van der Waals surface area contributed by atoms with Gasteiger partial charge >= 0.3 is 0 Å². The normalized spacial score (nSPS) is 19.1. The summed E-state index contributed by atoms with van der Waals surface area (Å²) in [5, 5.41) is 23.2.